The van der Waals surface area contributed by atoms with Gasteiger partial charge in [0.2, 0.25) is 0 Å². The van der Waals surface area contributed by atoms with Gasteiger partial charge >= 0.3 is 5.97 Å². The summed E-state index contributed by atoms with van der Waals surface area (Å²) in [6.07, 6.45) is 4.52. The van der Waals surface area contributed by atoms with Crippen molar-refractivity contribution in [2.24, 2.45) is 23.7 Å². The molecule has 1 fully saturated rings. The lowest BCUT2D eigenvalue weighted by atomic mass is 9.81. The number of benzene rings is 1. The Kier molecular flexibility index (Phi) is 12.6. The van der Waals surface area contributed by atoms with Gasteiger partial charge in [0.05, 0.1) is 6.10 Å². The largest absolute Gasteiger partial charge is 0.461 e. The Bertz CT molecular complexity index is 727. The molecule has 0 aliphatic heterocycles. The summed E-state index contributed by atoms with van der Waals surface area (Å²) in [6, 6.07) is 9.62. The Hall–Kier alpha value is -1.53. The second kappa shape index (κ2) is 14.9. The zero-order valence-electron chi connectivity index (χ0n) is 21.8. The Labute approximate surface area is 210 Å². The first-order chi connectivity index (χ1) is 16.6. The minimum atomic E-state index is -3.06. The standard InChI is InChI=1S/C29H46F2O4/c1-4-21(2)19-29(30,31)27(33)17-16-24-22(3)18-26(32)25(24)14-10-5-6-11-15-28(34)35-20-23-12-8-7-9-13-23/h7-9,12-13,21-22,24-27,32-33H,4-6,10-11,14-20H2,1-3H3/t21-,22+,24-,25+,26-,27?/m0/s1. The molecule has 0 spiro atoms. The second-order valence-corrected chi connectivity index (χ2v) is 10.8. The number of rotatable bonds is 16. The van der Waals surface area contributed by atoms with Crippen molar-refractivity contribution in [2.45, 2.75) is 116 Å². The number of halogens is 2. The van der Waals surface area contributed by atoms with Crippen molar-refractivity contribution in [3.63, 3.8) is 0 Å². The molecule has 200 valence electrons. The number of aliphatic hydroxyl groups excluding tert-OH is 2. The molecule has 0 heterocycles. The summed E-state index contributed by atoms with van der Waals surface area (Å²) in [5.41, 5.74) is 0.978. The summed E-state index contributed by atoms with van der Waals surface area (Å²) in [4.78, 5) is 11.9. The van der Waals surface area contributed by atoms with E-state index in [4.69, 9.17) is 4.74 Å². The lowest BCUT2D eigenvalue weighted by Gasteiger charge is -2.29. The van der Waals surface area contributed by atoms with Gasteiger partial charge in [0.1, 0.15) is 12.7 Å². The van der Waals surface area contributed by atoms with Crippen LogP contribution in [-0.2, 0) is 16.1 Å². The highest BCUT2D eigenvalue weighted by atomic mass is 19.3. The zero-order valence-corrected chi connectivity index (χ0v) is 21.8. The number of aliphatic hydroxyl groups is 2. The highest BCUT2D eigenvalue weighted by Gasteiger charge is 2.43. The first-order valence-corrected chi connectivity index (χ1v) is 13.6. The number of hydrogen-bond acceptors (Lipinski definition) is 4. The van der Waals surface area contributed by atoms with Crippen molar-refractivity contribution in [3.8, 4) is 0 Å². The van der Waals surface area contributed by atoms with Crippen LogP contribution >= 0.6 is 0 Å². The maximum atomic E-state index is 14.4. The van der Waals surface area contributed by atoms with Gasteiger partial charge < -0.3 is 14.9 Å². The second-order valence-electron chi connectivity index (χ2n) is 10.8. The van der Waals surface area contributed by atoms with E-state index < -0.39 is 18.1 Å². The molecule has 6 atom stereocenters. The fourth-order valence-electron chi connectivity index (χ4n) is 5.46. The van der Waals surface area contributed by atoms with E-state index in [1.807, 2.05) is 37.3 Å². The average molecular weight is 497 g/mol. The van der Waals surface area contributed by atoms with Crippen molar-refractivity contribution < 1.29 is 28.5 Å². The Morgan fingerprint density at radius 1 is 1.11 bits per heavy atom. The normalized spacial score (nSPS) is 24.3. The first-order valence-electron chi connectivity index (χ1n) is 13.6. The highest BCUT2D eigenvalue weighted by Crippen LogP contribution is 2.43. The maximum Gasteiger partial charge on any atom is 0.306 e. The van der Waals surface area contributed by atoms with Gasteiger partial charge in [-0.05, 0) is 61.3 Å². The van der Waals surface area contributed by atoms with Gasteiger partial charge in [-0.15, -0.1) is 0 Å². The molecule has 1 aromatic rings. The molecule has 0 radical (unpaired) electrons. The molecule has 1 aliphatic carbocycles. The number of carbonyl (C=O) groups is 1. The minimum absolute atomic E-state index is 0.0761. The molecule has 1 saturated carbocycles. The molecule has 2 rings (SSSR count). The number of ether oxygens (including phenoxy) is 1. The molecule has 1 unspecified atom stereocenters. The zero-order chi connectivity index (χ0) is 25.8. The number of unbranched alkanes of at least 4 members (excludes halogenated alkanes) is 3. The van der Waals surface area contributed by atoms with Gasteiger partial charge in [0.15, 0.2) is 0 Å². The SMILES string of the molecule is CC[C@H](C)CC(F)(F)C(O)CC[C@@H]1[C@@H](CCCCCCC(=O)OCc2ccccc2)[C@@H](O)C[C@H]1C. The summed E-state index contributed by atoms with van der Waals surface area (Å²) in [5.74, 6) is -2.84. The van der Waals surface area contributed by atoms with Gasteiger partial charge in [-0.3, -0.25) is 4.79 Å². The van der Waals surface area contributed by atoms with Crippen molar-refractivity contribution in [1.82, 2.24) is 0 Å². The average Bonchev–Trinajstić information content (AvgIpc) is 3.10. The van der Waals surface area contributed by atoms with Crippen LogP contribution in [0.3, 0.4) is 0 Å². The van der Waals surface area contributed by atoms with Crippen molar-refractivity contribution in [2.75, 3.05) is 0 Å². The van der Waals surface area contributed by atoms with Gasteiger partial charge in [-0.1, -0.05) is 76.8 Å². The number of alkyl halides is 2. The number of esters is 1. The van der Waals surface area contributed by atoms with Crippen LogP contribution < -0.4 is 0 Å². The summed E-state index contributed by atoms with van der Waals surface area (Å²) in [7, 11) is 0. The van der Waals surface area contributed by atoms with Gasteiger partial charge in [-0.25, -0.2) is 8.78 Å². The van der Waals surface area contributed by atoms with E-state index in [1.165, 1.54) is 0 Å². The Morgan fingerprint density at radius 3 is 2.49 bits per heavy atom. The Morgan fingerprint density at radius 2 is 1.80 bits per heavy atom. The molecule has 0 saturated heterocycles. The molecule has 0 bridgehead atoms. The predicted molar refractivity (Wildman–Crippen MR) is 135 cm³/mol. The highest BCUT2D eigenvalue weighted by molar-refractivity contribution is 5.69. The van der Waals surface area contributed by atoms with Crippen LogP contribution in [0.2, 0.25) is 0 Å². The summed E-state index contributed by atoms with van der Waals surface area (Å²) < 4.78 is 34.1. The van der Waals surface area contributed by atoms with Crippen molar-refractivity contribution in [1.29, 1.82) is 0 Å². The Balaban J connectivity index is 1.66. The van der Waals surface area contributed by atoms with E-state index in [-0.39, 0.29) is 42.5 Å². The summed E-state index contributed by atoms with van der Waals surface area (Å²) in [6.45, 7) is 6.06. The summed E-state index contributed by atoms with van der Waals surface area (Å²) in [5, 5.41) is 20.8. The molecule has 4 nitrogen and oxygen atoms in total. The monoisotopic (exact) mass is 496 g/mol. The van der Waals surface area contributed by atoms with Crippen LogP contribution in [0, 0.1) is 23.7 Å². The molecule has 0 amide bonds. The minimum Gasteiger partial charge on any atom is -0.461 e. The van der Waals surface area contributed by atoms with Crippen LogP contribution in [-0.4, -0.2) is 34.3 Å². The molecule has 1 aromatic carbocycles. The molecule has 1 aliphatic rings. The van der Waals surface area contributed by atoms with Gasteiger partial charge in [-0.2, -0.15) is 0 Å². The van der Waals surface area contributed by atoms with Gasteiger partial charge in [0, 0.05) is 12.8 Å². The lowest BCUT2D eigenvalue weighted by Crippen LogP contribution is -2.36. The van der Waals surface area contributed by atoms with E-state index in [1.54, 1.807) is 6.92 Å². The van der Waals surface area contributed by atoms with E-state index >= 15 is 0 Å². The third-order valence-electron chi connectivity index (χ3n) is 7.88. The smallest absolute Gasteiger partial charge is 0.306 e. The van der Waals surface area contributed by atoms with Crippen molar-refractivity contribution >= 4 is 5.97 Å². The van der Waals surface area contributed by atoms with E-state index in [0.29, 0.717) is 32.3 Å². The van der Waals surface area contributed by atoms with Crippen LogP contribution in [0.25, 0.3) is 0 Å². The third kappa shape index (κ3) is 10.2. The lowest BCUT2D eigenvalue weighted by molar-refractivity contribution is -0.145. The molecule has 0 aromatic heterocycles. The topological polar surface area (TPSA) is 66.8 Å². The van der Waals surface area contributed by atoms with Gasteiger partial charge in [0.25, 0.3) is 5.92 Å². The quantitative estimate of drug-likeness (QED) is 0.193. The van der Waals surface area contributed by atoms with Crippen molar-refractivity contribution in [3.05, 3.63) is 35.9 Å². The van der Waals surface area contributed by atoms with Crippen LogP contribution in [0.15, 0.2) is 30.3 Å². The van der Waals surface area contributed by atoms with E-state index in [0.717, 1.165) is 37.7 Å². The fourth-order valence-corrected chi connectivity index (χ4v) is 5.46. The number of hydrogen-bond donors (Lipinski definition) is 2. The molecule has 2 N–H and O–H groups in total. The number of carbonyl (C=O) groups excluding carboxylic acids is 1. The van der Waals surface area contributed by atoms with E-state index in [9.17, 15) is 23.8 Å². The summed E-state index contributed by atoms with van der Waals surface area (Å²) >= 11 is 0. The van der Waals surface area contributed by atoms with E-state index in [2.05, 4.69) is 6.92 Å². The predicted octanol–water partition coefficient (Wildman–Crippen LogP) is 6.92. The molecular formula is C29H46F2O4. The third-order valence-corrected chi connectivity index (χ3v) is 7.88. The molecule has 6 heteroatoms. The van der Waals surface area contributed by atoms with Crippen LogP contribution in [0.5, 0.6) is 0 Å². The molecular weight excluding hydrogens is 450 g/mol. The fraction of sp³-hybridized carbons (Fsp3) is 0.759. The van der Waals surface area contributed by atoms with Crippen LogP contribution in [0.4, 0.5) is 8.78 Å². The molecule has 35 heavy (non-hydrogen) atoms. The first kappa shape index (κ1) is 29.7. The van der Waals surface area contributed by atoms with Crippen LogP contribution in [0.1, 0.15) is 97.0 Å². The maximum absolute atomic E-state index is 14.4.